The number of anilines is 1. The van der Waals surface area contributed by atoms with Crippen LogP contribution in [0.25, 0.3) is 28.0 Å². The Kier molecular flexibility index (Phi) is 4.10. The summed E-state index contributed by atoms with van der Waals surface area (Å²) in [6.07, 6.45) is 12.9. The van der Waals surface area contributed by atoms with Crippen molar-refractivity contribution in [3.05, 3.63) is 55.0 Å². The third-order valence-electron chi connectivity index (χ3n) is 6.50. The minimum atomic E-state index is -0.408. The van der Waals surface area contributed by atoms with E-state index < -0.39 is 5.54 Å². The fourth-order valence-electron chi connectivity index (χ4n) is 4.76. The number of nitrogens with one attached hydrogen (secondary N) is 1. The van der Waals surface area contributed by atoms with Crippen molar-refractivity contribution in [3.63, 3.8) is 0 Å². The number of nitrogen functional groups attached to an aromatic ring is 1. The summed E-state index contributed by atoms with van der Waals surface area (Å²) >= 11 is 0. The van der Waals surface area contributed by atoms with Gasteiger partial charge >= 0.3 is 0 Å². The van der Waals surface area contributed by atoms with Gasteiger partial charge in [-0.25, -0.2) is 9.50 Å². The normalized spacial score (nSPS) is 20.1. The molecule has 1 saturated carbocycles. The van der Waals surface area contributed by atoms with Crippen molar-refractivity contribution >= 4 is 11.3 Å². The highest BCUT2D eigenvalue weighted by Gasteiger charge is 2.48. The van der Waals surface area contributed by atoms with Crippen LogP contribution >= 0.6 is 0 Å². The van der Waals surface area contributed by atoms with Gasteiger partial charge in [0.1, 0.15) is 5.69 Å². The summed E-state index contributed by atoms with van der Waals surface area (Å²) in [5, 5.41) is 29.9. The van der Waals surface area contributed by atoms with Crippen molar-refractivity contribution in [2.24, 2.45) is 7.05 Å². The van der Waals surface area contributed by atoms with Crippen molar-refractivity contribution in [3.8, 4) is 28.6 Å². The van der Waals surface area contributed by atoms with E-state index in [2.05, 4.69) is 31.6 Å². The van der Waals surface area contributed by atoms with Gasteiger partial charge in [-0.15, -0.1) is 0 Å². The first-order valence-electron chi connectivity index (χ1n) is 10.6. The summed E-state index contributed by atoms with van der Waals surface area (Å²) in [6, 6.07) is 6.21. The molecule has 11 nitrogen and oxygen atoms in total. The number of rotatable bonds is 5. The third kappa shape index (κ3) is 2.99. The zero-order valence-corrected chi connectivity index (χ0v) is 17.9. The molecule has 11 heteroatoms. The Bertz CT molecular complexity index is 1490. The van der Waals surface area contributed by atoms with Gasteiger partial charge in [-0.3, -0.25) is 14.5 Å². The molecule has 6 rings (SSSR count). The predicted octanol–water partition coefficient (Wildman–Crippen LogP) is 2.49. The Balaban J connectivity index is 1.43. The van der Waals surface area contributed by atoms with Crippen LogP contribution in [-0.4, -0.2) is 44.4 Å². The molecule has 0 spiro atoms. The van der Waals surface area contributed by atoms with E-state index in [1.165, 1.54) is 0 Å². The lowest BCUT2D eigenvalue weighted by Gasteiger charge is -2.46. The fourth-order valence-corrected chi connectivity index (χ4v) is 4.76. The lowest BCUT2D eigenvalue weighted by Crippen LogP contribution is -2.45. The highest BCUT2D eigenvalue weighted by atomic mass is 15.3. The number of aryl methyl sites for hydroxylation is 1. The average molecular weight is 439 g/mol. The highest BCUT2D eigenvalue weighted by Crippen LogP contribution is 2.51. The molecule has 0 saturated heterocycles. The van der Waals surface area contributed by atoms with Crippen LogP contribution in [0.1, 0.15) is 30.9 Å². The lowest BCUT2D eigenvalue weighted by atomic mass is 9.65. The standard InChI is InChI=1S/C22H21N11/c1-31-11-15(10-27-31)18-13-32-19(3-7-26-32)20(28-18)16-12-33(30-21(16)24)22(4-5-23)8-14(9-22)17-2-6-25-29-17/h2-3,6-7,10-14H,4,8-9H2,1H3,(H2,24,30)(H,25,29). The second-order valence-electron chi connectivity index (χ2n) is 8.59. The quantitative estimate of drug-likeness (QED) is 0.428. The first-order chi connectivity index (χ1) is 16.1. The van der Waals surface area contributed by atoms with Crippen molar-refractivity contribution in [1.29, 1.82) is 5.26 Å². The number of fused-ring (bicyclic) bond motifs is 1. The molecule has 1 aliphatic rings. The molecule has 0 bridgehead atoms. The largest absolute Gasteiger partial charge is 0.382 e. The van der Waals surface area contributed by atoms with Crippen molar-refractivity contribution < 1.29 is 0 Å². The van der Waals surface area contributed by atoms with Gasteiger partial charge in [-0.1, -0.05) is 0 Å². The van der Waals surface area contributed by atoms with E-state index >= 15 is 0 Å². The van der Waals surface area contributed by atoms with Crippen LogP contribution in [0.4, 0.5) is 5.82 Å². The summed E-state index contributed by atoms with van der Waals surface area (Å²) < 4.78 is 5.37. The number of nitriles is 1. The van der Waals surface area contributed by atoms with Gasteiger partial charge in [0.25, 0.3) is 0 Å². The zero-order valence-electron chi connectivity index (χ0n) is 17.9. The van der Waals surface area contributed by atoms with E-state index in [1.54, 1.807) is 27.8 Å². The van der Waals surface area contributed by atoms with Crippen LogP contribution in [0.15, 0.2) is 49.3 Å². The number of hydrogen-bond acceptors (Lipinski definition) is 7. The summed E-state index contributed by atoms with van der Waals surface area (Å²) in [6.45, 7) is 0. The maximum Gasteiger partial charge on any atom is 0.155 e. The molecule has 164 valence electrons. The van der Waals surface area contributed by atoms with Crippen molar-refractivity contribution in [1.82, 2.24) is 44.4 Å². The molecule has 0 amide bonds. The average Bonchev–Trinajstić information content (AvgIpc) is 3.56. The summed E-state index contributed by atoms with van der Waals surface area (Å²) in [5.74, 6) is 0.680. The van der Waals surface area contributed by atoms with Gasteiger partial charge in [0.05, 0.1) is 53.4 Å². The molecule has 1 aliphatic carbocycles. The molecule has 1 fully saturated rings. The van der Waals surface area contributed by atoms with Crippen LogP contribution in [0.2, 0.25) is 0 Å². The number of nitrogens with two attached hydrogens (primary N) is 1. The van der Waals surface area contributed by atoms with Crippen LogP contribution in [-0.2, 0) is 12.6 Å². The number of aromatic amines is 1. The molecule has 5 heterocycles. The van der Waals surface area contributed by atoms with Gasteiger partial charge < -0.3 is 5.73 Å². The van der Waals surface area contributed by atoms with Gasteiger partial charge in [-0.2, -0.15) is 25.7 Å². The Morgan fingerprint density at radius 3 is 2.82 bits per heavy atom. The van der Waals surface area contributed by atoms with Gasteiger partial charge in [-0.05, 0) is 25.0 Å². The molecule has 3 N–H and O–H groups in total. The first-order valence-corrected chi connectivity index (χ1v) is 10.6. The van der Waals surface area contributed by atoms with Crippen LogP contribution in [0.5, 0.6) is 0 Å². The SMILES string of the molecule is Cn1cc(-c2cn3nccc3c(-c3cn(C4(CC#N)CC(c5ccn[nH]5)C4)nc3N)n2)cn1. The highest BCUT2D eigenvalue weighted by molar-refractivity contribution is 5.83. The Morgan fingerprint density at radius 1 is 1.21 bits per heavy atom. The number of H-pyrrole nitrogens is 1. The summed E-state index contributed by atoms with van der Waals surface area (Å²) in [4.78, 5) is 4.90. The number of hydrogen-bond donors (Lipinski definition) is 2. The summed E-state index contributed by atoms with van der Waals surface area (Å²) in [5.41, 5.74) is 10.9. The van der Waals surface area contributed by atoms with Gasteiger partial charge in [0.15, 0.2) is 5.82 Å². The maximum absolute atomic E-state index is 9.54. The van der Waals surface area contributed by atoms with E-state index in [4.69, 9.17) is 10.7 Å². The molecule has 5 aromatic heterocycles. The smallest absolute Gasteiger partial charge is 0.155 e. The molecule has 0 unspecified atom stereocenters. The Labute approximate surface area is 188 Å². The van der Waals surface area contributed by atoms with Crippen LogP contribution in [0.3, 0.4) is 0 Å². The Hall–Kier alpha value is -4.46. The van der Waals surface area contributed by atoms with E-state index in [9.17, 15) is 5.26 Å². The minimum Gasteiger partial charge on any atom is -0.382 e. The topological polar surface area (TPSA) is 144 Å². The molecular formula is C22H21N11. The van der Waals surface area contributed by atoms with Crippen LogP contribution < -0.4 is 5.73 Å². The van der Waals surface area contributed by atoms with Gasteiger partial charge in [0.2, 0.25) is 0 Å². The monoisotopic (exact) mass is 439 g/mol. The number of nitrogens with zero attached hydrogens (tertiary/aromatic N) is 9. The predicted molar refractivity (Wildman–Crippen MR) is 120 cm³/mol. The maximum atomic E-state index is 9.54. The lowest BCUT2D eigenvalue weighted by molar-refractivity contribution is 0.0986. The van der Waals surface area contributed by atoms with Gasteiger partial charge in [0, 0.05) is 42.8 Å². The van der Waals surface area contributed by atoms with E-state index in [0.717, 1.165) is 35.3 Å². The Morgan fingerprint density at radius 2 is 2.09 bits per heavy atom. The zero-order chi connectivity index (χ0) is 22.6. The first kappa shape index (κ1) is 19.2. The number of aromatic nitrogens is 9. The molecule has 0 atom stereocenters. The molecular weight excluding hydrogens is 418 g/mol. The molecule has 33 heavy (non-hydrogen) atoms. The molecule has 5 aromatic rings. The van der Waals surface area contributed by atoms with Crippen molar-refractivity contribution in [2.45, 2.75) is 30.7 Å². The fraction of sp³-hybridized carbons (Fsp3) is 0.273. The van der Waals surface area contributed by atoms with E-state index in [1.807, 2.05) is 42.5 Å². The molecule has 0 aromatic carbocycles. The minimum absolute atomic E-state index is 0.309. The third-order valence-corrected chi connectivity index (χ3v) is 6.50. The second kappa shape index (κ2) is 7.03. The van der Waals surface area contributed by atoms with E-state index in [0.29, 0.717) is 29.4 Å². The molecule has 0 aliphatic heterocycles. The summed E-state index contributed by atoms with van der Waals surface area (Å²) in [7, 11) is 1.86. The van der Waals surface area contributed by atoms with Crippen molar-refractivity contribution in [2.75, 3.05) is 5.73 Å². The second-order valence-corrected chi connectivity index (χ2v) is 8.59. The molecule has 0 radical (unpaired) electrons. The van der Waals surface area contributed by atoms with E-state index in [-0.39, 0.29) is 0 Å². The van der Waals surface area contributed by atoms with Crippen LogP contribution in [0, 0.1) is 11.3 Å².